The van der Waals surface area contributed by atoms with Gasteiger partial charge in [-0.1, -0.05) is 24.3 Å². The lowest BCUT2D eigenvalue weighted by molar-refractivity contribution is 0.102. The van der Waals surface area contributed by atoms with Gasteiger partial charge in [0, 0.05) is 23.6 Å². The maximum atomic E-state index is 12.6. The van der Waals surface area contributed by atoms with Crippen LogP contribution in [0.15, 0.2) is 97.6 Å². The van der Waals surface area contributed by atoms with Crippen LogP contribution in [0.2, 0.25) is 0 Å². The van der Waals surface area contributed by atoms with Crippen LogP contribution in [0.5, 0.6) is 0 Å². The standard InChI is InChI=1S/C24H19N9O/c34-24(20-15-28-33(32-20)19-6-2-1-3-7-19)30-18-11-9-17(10-12-18)29-22-14-23(27-16-26-22)31-21-8-4-5-13-25-21/h1-16H,(H,30,34)(H2,25,26,27,29,31). The lowest BCUT2D eigenvalue weighted by Gasteiger charge is -2.09. The summed E-state index contributed by atoms with van der Waals surface area (Å²) in [5, 5.41) is 17.6. The van der Waals surface area contributed by atoms with Crippen LogP contribution in [-0.4, -0.2) is 35.9 Å². The lowest BCUT2D eigenvalue weighted by atomic mass is 10.2. The molecule has 0 bridgehead atoms. The van der Waals surface area contributed by atoms with Gasteiger partial charge in [0.15, 0.2) is 5.69 Å². The van der Waals surface area contributed by atoms with E-state index in [1.54, 1.807) is 24.4 Å². The molecule has 0 atom stereocenters. The Morgan fingerprint density at radius 3 is 2.24 bits per heavy atom. The third-order valence-electron chi connectivity index (χ3n) is 4.71. The van der Waals surface area contributed by atoms with Crippen LogP contribution < -0.4 is 16.0 Å². The van der Waals surface area contributed by atoms with Gasteiger partial charge in [0.25, 0.3) is 5.91 Å². The van der Waals surface area contributed by atoms with Gasteiger partial charge in [0.05, 0.1) is 11.9 Å². The number of nitrogens with one attached hydrogen (secondary N) is 3. The molecule has 0 fully saturated rings. The zero-order valence-corrected chi connectivity index (χ0v) is 17.8. The van der Waals surface area contributed by atoms with Gasteiger partial charge in [-0.15, -0.1) is 5.10 Å². The quantitative estimate of drug-likeness (QED) is 0.338. The average molecular weight is 449 g/mol. The number of anilines is 5. The summed E-state index contributed by atoms with van der Waals surface area (Å²) in [5.41, 5.74) is 2.43. The number of hydrogen-bond donors (Lipinski definition) is 3. The van der Waals surface area contributed by atoms with Crippen molar-refractivity contribution in [3.05, 3.63) is 103 Å². The highest BCUT2D eigenvalue weighted by molar-refractivity contribution is 6.02. The Bertz CT molecular complexity index is 1390. The number of amides is 1. The number of aromatic nitrogens is 6. The van der Waals surface area contributed by atoms with Crippen LogP contribution in [0.25, 0.3) is 5.69 Å². The van der Waals surface area contributed by atoms with Gasteiger partial charge in [0.1, 0.15) is 23.8 Å². The van der Waals surface area contributed by atoms with E-state index in [9.17, 15) is 4.79 Å². The maximum absolute atomic E-state index is 12.6. The van der Waals surface area contributed by atoms with Crippen molar-refractivity contribution < 1.29 is 4.79 Å². The van der Waals surface area contributed by atoms with Crippen molar-refractivity contribution >= 4 is 34.7 Å². The van der Waals surface area contributed by atoms with Gasteiger partial charge in [-0.2, -0.15) is 9.90 Å². The Morgan fingerprint density at radius 2 is 1.47 bits per heavy atom. The van der Waals surface area contributed by atoms with E-state index >= 15 is 0 Å². The van der Waals surface area contributed by atoms with Crippen molar-refractivity contribution in [1.29, 1.82) is 0 Å². The number of benzene rings is 2. The largest absolute Gasteiger partial charge is 0.340 e. The van der Waals surface area contributed by atoms with Crippen LogP contribution in [-0.2, 0) is 0 Å². The van der Waals surface area contributed by atoms with Gasteiger partial charge in [-0.3, -0.25) is 4.79 Å². The van der Waals surface area contributed by atoms with Crippen molar-refractivity contribution in [3.63, 3.8) is 0 Å². The van der Waals surface area contributed by atoms with Crippen molar-refractivity contribution in [2.24, 2.45) is 0 Å². The van der Waals surface area contributed by atoms with Crippen molar-refractivity contribution in [3.8, 4) is 5.69 Å². The third-order valence-corrected chi connectivity index (χ3v) is 4.71. The SMILES string of the molecule is O=C(Nc1ccc(Nc2cc(Nc3ccccn3)ncn2)cc1)c1cnn(-c2ccccc2)n1. The minimum Gasteiger partial charge on any atom is -0.340 e. The molecule has 5 aromatic rings. The topological polar surface area (TPSA) is 123 Å². The second-order valence-electron chi connectivity index (χ2n) is 7.14. The highest BCUT2D eigenvalue weighted by Gasteiger charge is 2.12. The van der Waals surface area contributed by atoms with E-state index in [2.05, 4.69) is 41.1 Å². The van der Waals surface area contributed by atoms with E-state index in [0.717, 1.165) is 11.4 Å². The normalized spacial score (nSPS) is 10.5. The second kappa shape index (κ2) is 9.57. The molecule has 0 radical (unpaired) electrons. The third kappa shape index (κ3) is 5.02. The highest BCUT2D eigenvalue weighted by atomic mass is 16.2. The molecule has 166 valence electrons. The molecule has 0 unspecified atom stereocenters. The van der Waals surface area contributed by atoms with Crippen LogP contribution in [0.4, 0.5) is 28.8 Å². The molecule has 0 saturated carbocycles. The first kappa shape index (κ1) is 20.8. The molecular formula is C24H19N9O. The Labute approximate surface area is 194 Å². The van der Waals surface area contributed by atoms with Crippen LogP contribution in [0.3, 0.4) is 0 Å². The fourth-order valence-corrected chi connectivity index (χ4v) is 3.09. The molecule has 0 aliphatic rings. The Hall–Kier alpha value is -5.12. The summed E-state index contributed by atoms with van der Waals surface area (Å²) in [4.78, 5) is 26.6. The number of pyridine rings is 1. The van der Waals surface area contributed by atoms with Gasteiger partial charge < -0.3 is 16.0 Å². The zero-order chi connectivity index (χ0) is 23.2. The first-order valence-corrected chi connectivity index (χ1v) is 10.4. The number of para-hydroxylation sites is 1. The molecule has 0 saturated heterocycles. The Kier molecular flexibility index (Phi) is 5.84. The number of rotatable bonds is 7. The van der Waals surface area contributed by atoms with E-state index in [1.807, 2.05) is 60.7 Å². The number of nitrogens with zero attached hydrogens (tertiary/aromatic N) is 6. The number of carbonyl (C=O) groups excluding carboxylic acids is 1. The predicted octanol–water partition coefficient (Wildman–Crippen LogP) is 4.19. The van der Waals surface area contributed by atoms with Gasteiger partial charge in [-0.25, -0.2) is 15.0 Å². The highest BCUT2D eigenvalue weighted by Crippen LogP contribution is 2.20. The molecule has 2 aromatic carbocycles. The molecule has 0 aliphatic carbocycles. The molecular weight excluding hydrogens is 430 g/mol. The fraction of sp³-hybridized carbons (Fsp3) is 0. The summed E-state index contributed by atoms with van der Waals surface area (Å²) < 4.78 is 0. The van der Waals surface area contributed by atoms with Crippen LogP contribution >= 0.6 is 0 Å². The van der Waals surface area contributed by atoms with Crippen molar-refractivity contribution in [2.45, 2.75) is 0 Å². The second-order valence-corrected chi connectivity index (χ2v) is 7.14. The summed E-state index contributed by atoms with van der Waals surface area (Å²) in [6.07, 6.45) is 4.60. The van der Waals surface area contributed by atoms with E-state index < -0.39 is 0 Å². The minimum absolute atomic E-state index is 0.222. The van der Waals surface area contributed by atoms with Gasteiger partial charge >= 0.3 is 0 Å². The van der Waals surface area contributed by atoms with Crippen molar-refractivity contribution in [1.82, 2.24) is 29.9 Å². The summed E-state index contributed by atoms with van der Waals surface area (Å²) in [7, 11) is 0. The van der Waals surface area contributed by atoms with Crippen molar-refractivity contribution in [2.75, 3.05) is 16.0 Å². The van der Waals surface area contributed by atoms with E-state index in [-0.39, 0.29) is 11.6 Å². The summed E-state index contributed by atoms with van der Waals surface area (Å²) >= 11 is 0. The first-order chi connectivity index (χ1) is 16.7. The van der Waals surface area contributed by atoms with E-state index in [0.29, 0.717) is 23.1 Å². The van der Waals surface area contributed by atoms with E-state index in [4.69, 9.17) is 0 Å². The average Bonchev–Trinajstić information content (AvgIpc) is 3.37. The monoisotopic (exact) mass is 449 g/mol. The summed E-state index contributed by atoms with van der Waals surface area (Å²) in [5.74, 6) is 1.58. The summed E-state index contributed by atoms with van der Waals surface area (Å²) in [6, 6.07) is 24.0. The molecule has 10 heteroatoms. The van der Waals surface area contributed by atoms with Crippen LogP contribution in [0.1, 0.15) is 10.5 Å². The molecule has 5 rings (SSSR count). The molecule has 3 aromatic heterocycles. The number of carbonyl (C=O) groups is 1. The molecule has 3 heterocycles. The predicted molar refractivity (Wildman–Crippen MR) is 129 cm³/mol. The van der Waals surface area contributed by atoms with Gasteiger partial charge in [0.2, 0.25) is 0 Å². The van der Waals surface area contributed by atoms with E-state index in [1.165, 1.54) is 17.3 Å². The molecule has 1 amide bonds. The fourth-order valence-electron chi connectivity index (χ4n) is 3.09. The van der Waals surface area contributed by atoms with Gasteiger partial charge in [-0.05, 0) is 48.5 Å². The maximum Gasteiger partial charge on any atom is 0.277 e. The zero-order valence-electron chi connectivity index (χ0n) is 17.8. The molecule has 10 nitrogen and oxygen atoms in total. The number of hydrogen-bond acceptors (Lipinski definition) is 8. The minimum atomic E-state index is -0.344. The molecule has 0 spiro atoms. The smallest absolute Gasteiger partial charge is 0.277 e. The Morgan fingerprint density at radius 1 is 0.735 bits per heavy atom. The molecule has 3 N–H and O–H groups in total. The molecule has 0 aliphatic heterocycles. The molecule has 34 heavy (non-hydrogen) atoms. The Balaban J connectivity index is 1.21. The lowest BCUT2D eigenvalue weighted by Crippen LogP contribution is -2.13. The van der Waals surface area contributed by atoms with Crippen LogP contribution in [0, 0.1) is 0 Å². The summed E-state index contributed by atoms with van der Waals surface area (Å²) in [6.45, 7) is 0. The first-order valence-electron chi connectivity index (χ1n) is 10.4.